The van der Waals surface area contributed by atoms with Gasteiger partial charge < -0.3 is 0 Å². The van der Waals surface area contributed by atoms with Crippen LogP contribution in [0.2, 0.25) is 0 Å². The third kappa shape index (κ3) is 19.4. The van der Waals surface area contributed by atoms with Gasteiger partial charge in [-0.25, -0.2) is 0 Å². The Kier molecular flexibility index (Phi) is 18.9. The highest BCUT2D eigenvalue weighted by Crippen LogP contribution is 2.01. The van der Waals surface area contributed by atoms with Crippen molar-refractivity contribution in [2.24, 2.45) is 0 Å². The predicted octanol–water partition coefficient (Wildman–Crippen LogP) is 7.53. The number of unbranched alkanes of at least 4 members (excludes halogenated alkanes) is 5. The molecule has 0 rings (SSSR count). The quantitative estimate of drug-likeness (QED) is 0.172. The van der Waals surface area contributed by atoms with E-state index >= 15 is 0 Å². The van der Waals surface area contributed by atoms with Crippen molar-refractivity contribution in [2.45, 2.75) is 71.1 Å². The third-order valence-corrected chi connectivity index (χ3v) is 3.77. The molecular formula is C20H33Br. The summed E-state index contributed by atoms with van der Waals surface area (Å²) in [7, 11) is 0. The van der Waals surface area contributed by atoms with Crippen molar-refractivity contribution < 1.29 is 0 Å². The van der Waals surface area contributed by atoms with Gasteiger partial charge in [-0.2, -0.15) is 0 Å². The second kappa shape index (κ2) is 19.4. The van der Waals surface area contributed by atoms with Crippen LogP contribution >= 0.6 is 15.9 Å². The lowest BCUT2D eigenvalue weighted by Gasteiger charge is -1.90. The fourth-order valence-corrected chi connectivity index (χ4v) is 2.31. The van der Waals surface area contributed by atoms with Gasteiger partial charge in [0.15, 0.2) is 0 Å². The van der Waals surface area contributed by atoms with Crippen LogP contribution in [-0.2, 0) is 0 Å². The van der Waals surface area contributed by atoms with Gasteiger partial charge in [-0.3, -0.25) is 0 Å². The summed E-state index contributed by atoms with van der Waals surface area (Å²) in [4.78, 5) is 0. The molecule has 0 nitrogen and oxygen atoms in total. The highest BCUT2D eigenvalue weighted by molar-refractivity contribution is 9.09. The first-order valence-electron chi connectivity index (χ1n) is 8.57. The Hall–Kier alpha value is -0.560. The fraction of sp³-hybridized carbons (Fsp3) is 0.600. The van der Waals surface area contributed by atoms with Gasteiger partial charge in [0.1, 0.15) is 0 Å². The van der Waals surface area contributed by atoms with Gasteiger partial charge in [-0.15, -0.1) is 0 Å². The average molecular weight is 353 g/mol. The van der Waals surface area contributed by atoms with E-state index in [0.717, 1.165) is 24.6 Å². The Balaban J connectivity index is 3.35. The summed E-state index contributed by atoms with van der Waals surface area (Å²) in [6.07, 6.45) is 30.4. The zero-order valence-electron chi connectivity index (χ0n) is 13.8. The summed E-state index contributed by atoms with van der Waals surface area (Å²) >= 11 is 3.45. The summed E-state index contributed by atoms with van der Waals surface area (Å²) in [6, 6.07) is 0. The minimum Gasteiger partial charge on any atom is -0.0928 e. The molecule has 120 valence electrons. The molecule has 0 amide bonds. The zero-order valence-corrected chi connectivity index (χ0v) is 15.4. The van der Waals surface area contributed by atoms with Crippen molar-refractivity contribution in [3.63, 3.8) is 0 Å². The van der Waals surface area contributed by atoms with E-state index in [2.05, 4.69) is 71.5 Å². The molecule has 0 saturated carbocycles. The van der Waals surface area contributed by atoms with Gasteiger partial charge in [0.25, 0.3) is 0 Å². The van der Waals surface area contributed by atoms with E-state index in [1.54, 1.807) is 0 Å². The standard InChI is InChI=1S/C20H33Br/c1-2-3-4-5-6-7-8-9-10-11-12-13-14-15-16-17-18-19-20-21/h6-7,9-10,12-13,15-16H,2-5,8,11,14,17-20H2,1H3. The number of allylic oxidation sites excluding steroid dienone is 8. The van der Waals surface area contributed by atoms with Crippen molar-refractivity contribution in [1.82, 2.24) is 0 Å². The second-order valence-electron chi connectivity index (χ2n) is 5.27. The molecule has 0 aliphatic heterocycles. The van der Waals surface area contributed by atoms with Crippen molar-refractivity contribution >= 4 is 15.9 Å². The fourth-order valence-electron chi connectivity index (χ4n) is 1.92. The molecule has 0 saturated heterocycles. The predicted molar refractivity (Wildman–Crippen MR) is 102 cm³/mol. The Bertz CT molecular complexity index is 267. The van der Waals surface area contributed by atoms with Gasteiger partial charge in [0.2, 0.25) is 0 Å². The number of halogens is 1. The molecule has 0 spiro atoms. The van der Waals surface area contributed by atoms with E-state index in [4.69, 9.17) is 0 Å². The van der Waals surface area contributed by atoms with Gasteiger partial charge in [0, 0.05) is 5.33 Å². The Labute approximate surface area is 141 Å². The van der Waals surface area contributed by atoms with Gasteiger partial charge in [-0.05, 0) is 51.4 Å². The van der Waals surface area contributed by atoms with Crippen molar-refractivity contribution in [3.05, 3.63) is 48.6 Å². The number of hydrogen-bond acceptors (Lipinski definition) is 0. The largest absolute Gasteiger partial charge is 0.0928 e. The van der Waals surface area contributed by atoms with Crippen molar-refractivity contribution in [2.75, 3.05) is 5.33 Å². The molecule has 0 aromatic heterocycles. The summed E-state index contributed by atoms with van der Waals surface area (Å²) in [5.74, 6) is 0. The Morgan fingerprint density at radius 3 is 1.43 bits per heavy atom. The molecule has 0 atom stereocenters. The molecule has 0 N–H and O–H groups in total. The topological polar surface area (TPSA) is 0 Å². The van der Waals surface area contributed by atoms with Crippen LogP contribution in [0.1, 0.15) is 71.1 Å². The van der Waals surface area contributed by atoms with E-state index in [9.17, 15) is 0 Å². The molecule has 0 aromatic rings. The molecule has 0 radical (unpaired) electrons. The maximum Gasteiger partial charge on any atom is 0.00314 e. The van der Waals surface area contributed by atoms with Crippen LogP contribution in [0, 0.1) is 0 Å². The summed E-state index contributed by atoms with van der Waals surface area (Å²) in [5.41, 5.74) is 0. The van der Waals surface area contributed by atoms with E-state index in [1.807, 2.05) is 0 Å². The highest BCUT2D eigenvalue weighted by atomic mass is 79.9. The number of rotatable bonds is 14. The molecule has 0 aromatic carbocycles. The molecule has 0 aliphatic carbocycles. The third-order valence-electron chi connectivity index (χ3n) is 3.21. The monoisotopic (exact) mass is 352 g/mol. The van der Waals surface area contributed by atoms with Crippen LogP contribution in [0.15, 0.2) is 48.6 Å². The summed E-state index contributed by atoms with van der Waals surface area (Å²) in [6.45, 7) is 2.25. The van der Waals surface area contributed by atoms with Gasteiger partial charge in [-0.1, -0.05) is 84.3 Å². The molecule has 0 heterocycles. The first kappa shape index (κ1) is 20.4. The molecule has 0 unspecified atom stereocenters. The highest BCUT2D eigenvalue weighted by Gasteiger charge is 1.82. The Morgan fingerprint density at radius 2 is 1.00 bits per heavy atom. The smallest absolute Gasteiger partial charge is 0.00314 e. The molecule has 0 aliphatic rings. The number of hydrogen-bond donors (Lipinski definition) is 0. The molecular weight excluding hydrogens is 320 g/mol. The van der Waals surface area contributed by atoms with Gasteiger partial charge in [0.05, 0.1) is 0 Å². The second-order valence-corrected chi connectivity index (χ2v) is 6.07. The minimum atomic E-state index is 1.06. The molecule has 1 heteroatoms. The van der Waals surface area contributed by atoms with E-state index < -0.39 is 0 Å². The van der Waals surface area contributed by atoms with E-state index in [1.165, 1.54) is 44.9 Å². The lowest BCUT2D eigenvalue weighted by atomic mass is 10.2. The first-order chi connectivity index (χ1) is 10.4. The summed E-state index contributed by atoms with van der Waals surface area (Å²) in [5, 5.41) is 1.13. The SMILES string of the molecule is CCCCCC=CCC=CCC=CCC=CCCCCBr. The summed E-state index contributed by atoms with van der Waals surface area (Å²) < 4.78 is 0. The lowest BCUT2D eigenvalue weighted by Crippen LogP contribution is -1.73. The normalized spacial score (nSPS) is 12.7. The zero-order chi connectivity index (χ0) is 15.4. The molecule has 0 fully saturated rings. The first-order valence-corrected chi connectivity index (χ1v) is 9.70. The van der Waals surface area contributed by atoms with Crippen LogP contribution in [0.5, 0.6) is 0 Å². The van der Waals surface area contributed by atoms with E-state index in [0.29, 0.717) is 0 Å². The molecule has 21 heavy (non-hydrogen) atoms. The van der Waals surface area contributed by atoms with Crippen LogP contribution in [0.4, 0.5) is 0 Å². The maximum atomic E-state index is 3.45. The lowest BCUT2D eigenvalue weighted by molar-refractivity contribution is 0.728. The van der Waals surface area contributed by atoms with Crippen molar-refractivity contribution in [3.8, 4) is 0 Å². The van der Waals surface area contributed by atoms with Crippen LogP contribution in [-0.4, -0.2) is 5.33 Å². The maximum absolute atomic E-state index is 3.45. The number of alkyl halides is 1. The van der Waals surface area contributed by atoms with Crippen LogP contribution in [0.3, 0.4) is 0 Å². The van der Waals surface area contributed by atoms with Crippen LogP contribution < -0.4 is 0 Å². The van der Waals surface area contributed by atoms with Crippen LogP contribution in [0.25, 0.3) is 0 Å². The Morgan fingerprint density at radius 1 is 0.571 bits per heavy atom. The van der Waals surface area contributed by atoms with Crippen molar-refractivity contribution in [1.29, 1.82) is 0 Å². The minimum absolute atomic E-state index is 1.06. The van der Waals surface area contributed by atoms with E-state index in [-0.39, 0.29) is 0 Å². The molecule has 0 bridgehead atoms. The van der Waals surface area contributed by atoms with Gasteiger partial charge >= 0.3 is 0 Å². The average Bonchev–Trinajstić information content (AvgIpc) is 2.50.